The summed E-state index contributed by atoms with van der Waals surface area (Å²) in [6, 6.07) is 9.67. The molecule has 1 aromatic rings. The molecule has 4 nitrogen and oxygen atoms in total. The van der Waals surface area contributed by atoms with Gasteiger partial charge in [0, 0.05) is 19.6 Å². The number of benzene rings is 1. The van der Waals surface area contributed by atoms with E-state index in [0.29, 0.717) is 13.1 Å². The highest BCUT2D eigenvalue weighted by Gasteiger charge is 2.20. The average Bonchev–Trinajstić information content (AvgIpc) is 2.49. The van der Waals surface area contributed by atoms with Gasteiger partial charge in [-0.1, -0.05) is 30.3 Å². The minimum Gasteiger partial charge on any atom is -0.336 e. The highest BCUT2D eigenvalue weighted by molar-refractivity contribution is 7.98. The number of thioether (sulfide) groups is 1. The molecule has 0 bridgehead atoms. The van der Waals surface area contributed by atoms with E-state index in [9.17, 15) is 4.79 Å². The molecule has 0 saturated heterocycles. The first-order valence-electron chi connectivity index (χ1n) is 7.26. The van der Waals surface area contributed by atoms with Crippen LogP contribution in [0.1, 0.15) is 12.0 Å². The van der Waals surface area contributed by atoms with Crippen molar-refractivity contribution in [1.82, 2.24) is 9.80 Å². The van der Waals surface area contributed by atoms with Crippen LogP contribution in [-0.4, -0.2) is 60.9 Å². The maximum Gasteiger partial charge on any atom is 0.239 e. The van der Waals surface area contributed by atoms with Gasteiger partial charge in [-0.2, -0.15) is 11.8 Å². The first kappa shape index (κ1) is 18.0. The molecule has 0 aliphatic heterocycles. The Morgan fingerprint density at radius 3 is 2.48 bits per heavy atom. The van der Waals surface area contributed by atoms with Crippen LogP contribution in [0.4, 0.5) is 0 Å². The highest BCUT2D eigenvalue weighted by Crippen LogP contribution is 2.08. The van der Waals surface area contributed by atoms with Crippen molar-refractivity contribution in [2.24, 2.45) is 5.73 Å². The summed E-state index contributed by atoms with van der Waals surface area (Å²) in [6.07, 6.45) is 2.76. The molecule has 0 saturated carbocycles. The maximum absolute atomic E-state index is 12.5. The van der Waals surface area contributed by atoms with E-state index in [0.717, 1.165) is 24.3 Å². The van der Waals surface area contributed by atoms with Gasteiger partial charge in [0.2, 0.25) is 5.91 Å². The van der Waals surface area contributed by atoms with Crippen LogP contribution in [0.2, 0.25) is 0 Å². The Morgan fingerprint density at radius 2 is 1.90 bits per heavy atom. The Morgan fingerprint density at radius 1 is 1.24 bits per heavy atom. The molecule has 1 amide bonds. The quantitative estimate of drug-likeness (QED) is 0.754. The van der Waals surface area contributed by atoms with Crippen molar-refractivity contribution in [2.45, 2.75) is 19.0 Å². The topological polar surface area (TPSA) is 49.6 Å². The second-order valence-corrected chi connectivity index (χ2v) is 6.42. The molecule has 0 aliphatic rings. The van der Waals surface area contributed by atoms with Crippen LogP contribution in [0.25, 0.3) is 0 Å². The minimum absolute atomic E-state index is 0.0507. The second kappa shape index (κ2) is 9.82. The van der Waals surface area contributed by atoms with Crippen LogP contribution >= 0.6 is 11.8 Å². The number of carbonyl (C=O) groups excluding carboxylic acids is 1. The van der Waals surface area contributed by atoms with Crippen molar-refractivity contribution >= 4 is 17.7 Å². The summed E-state index contributed by atoms with van der Waals surface area (Å²) in [4.78, 5) is 16.5. The Bertz CT molecular complexity index is 411. The largest absolute Gasteiger partial charge is 0.336 e. The van der Waals surface area contributed by atoms with Crippen LogP contribution in [0.5, 0.6) is 0 Å². The standard InChI is InChI=1S/C16H27N3OS/c1-18(2)10-11-19(13-14-7-5-4-6-8-14)16(20)15(17)9-12-21-3/h4-8,15H,9-13,17H2,1-3H3/t15-/m1/s1. The van der Waals surface area contributed by atoms with E-state index in [4.69, 9.17) is 5.73 Å². The number of nitrogens with zero attached hydrogens (tertiary/aromatic N) is 2. The van der Waals surface area contributed by atoms with Gasteiger partial charge in [0.15, 0.2) is 0 Å². The molecule has 0 fully saturated rings. The maximum atomic E-state index is 12.5. The zero-order valence-electron chi connectivity index (χ0n) is 13.3. The molecule has 0 aromatic heterocycles. The number of carbonyl (C=O) groups is 1. The third-order valence-electron chi connectivity index (χ3n) is 3.30. The Kier molecular flexibility index (Phi) is 8.42. The summed E-state index contributed by atoms with van der Waals surface area (Å²) in [5.74, 6) is 0.967. The molecule has 1 rings (SSSR count). The van der Waals surface area contributed by atoms with Crippen LogP contribution in [0.15, 0.2) is 30.3 Å². The molecule has 1 atom stereocenters. The summed E-state index contributed by atoms with van der Waals surface area (Å²) in [6.45, 7) is 2.17. The smallest absolute Gasteiger partial charge is 0.239 e. The van der Waals surface area contributed by atoms with Gasteiger partial charge < -0.3 is 15.5 Å². The third kappa shape index (κ3) is 6.98. The van der Waals surface area contributed by atoms with Crippen molar-refractivity contribution in [2.75, 3.05) is 39.2 Å². The van der Waals surface area contributed by atoms with Gasteiger partial charge in [-0.3, -0.25) is 4.79 Å². The molecule has 0 unspecified atom stereocenters. The molecule has 0 radical (unpaired) electrons. The lowest BCUT2D eigenvalue weighted by Crippen LogP contribution is -2.45. The number of hydrogen-bond acceptors (Lipinski definition) is 4. The lowest BCUT2D eigenvalue weighted by atomic mass is 10.1. The first-order valence-corrected chi connectivity index (χ1v) is 8.66. The lowest BCUT2D eigenvalue weighted by molar-refractivity contribution is -0.133. The number of amides is 1. The molecule has 2 N–H and O–H groups in total. The Labute approximate surface area is 132 Å². The lowest BCUT2D eigenvalue weighted by Gasteiger charge is -2.27. The molecular formula is C16H27N3OS. The Balaban J connectivity index is 2.68. The van der Waals surface area contributed by atoms with Crippen LogP contribution in [0.3, 0.4) is 0 Å². The normalized spacial score (nSPS) is 12.4. The minimum atomic E-state index is -0.400. The zero-order valence-corrected chi connectivity index (χ0v) is 14.1. The number of likely N-dealkylation sites (N-methyl/N-ethyl adjacent to an activating group) is 1. The number of nitrogens with two attached hydrogens (primary N) is 1. The Hall–Kier alpha value is -1.04. The van der Waals surface area contributed by atoms with Gasteiger partial charge in [-0.05, 0) is 38.1 Å². The zero-order chi connectivity index (χ0) is 15.7. The van der Waals surface area contributed by atoms with Gasteiger partial charge in [0.25, 0.3) is 0 Å². The van der Waals surface area contributed by atoms with Crippen LogP contribution in [0, 0.1) is 0 Å². The predicted octanol–water partition coefficient (Wildman–Crippen LogP) is 1.66. The summed E-state index contributed by atoms with van der Waals surface area (Å²) >= 11 is 1.72. The molecule has 21 heavy (non-hydrogen) atoms. The SMILES string of the molecule is CSCC[C@@H](N)C(=O)N(CCN(C)C)Cc1ccccc1. The van der Waals surface area contributed by atoms with Gasteiger partial charge in [0.05, 0.1) is 6.04 Å². The van der Waals surface area contributed by atoms with E-state index in [2.05, 4.69) is 4.90 Å². The number of rotatable bonds is 9. The van der Waals surface area contributed by atoms with Crippen molar-refractivity contribution < 1.29 is 4.79 Å². The summed E-state index contributed by atoms with van der Waals surface area (Å²) < 4.78 is 0. The van der Waals surface area contributed by atoms with E-state index in [1.54, 1.807) is 11.8 Å². The van der Waals surface area contributed by atoms with E-state index < -0.39 is 6.04 Å². The molecular weight excluding hydrogens is 282 g/mol. The van der Waals surface area contributed by atoms with E-state index in [-0.39, 0.29) is 5.91 Å². The molecule has 0 aliphatic carbocycles. The highest BCUT2D eigenvalue weighted by atomic mass is 32.2. The summed E-state index contributed by atoms with van der Waals surface area (Å²) in [7, 11) is 4.03. The average molecular weight is 309 g/mol. The molecule has 118 valence electrons. The molecule has 0 heterocycles. The van der Waals surface area contributed by atoms with Crippen LogP contribution < -0.4 is 5.73 Å². The number of hydrogen-bond donors (Lipinski definition) is 1. The van der Waals surface area contributed by atoms with Gasteiger partial charge in [-0.25, -0.2) is 0 Å². The van der Waals surface area contributed by atoms with Crippen molar-refractivity contribution in [1.29, 1.82) is 0 Å². The predicted molar refractivity (Wildman–Crippen MR) is 91.4 cm³/mol. The molecule has 1 aromatic carbocycles. The fraction of sp³-hybridized carbons (Fsp3) is 0.562. The van der Waals surface area contributed by atoms with Crippen molar-refractivity contribution in [3.63, 3.8) is 0 Å². The molecule has 0 spiro atoms. The van der Waals surface area contributed by atoms with Gasteiger partial charge in [0.1, 0.15) is 0 Å². The van der Waals surface area contributed by atoms with Crippen LogP contribution in [-0.2, 0) is 11.3 Å². The molecule has 5 heteroatoms. The fourth-order valence-electron chi connectivity index (χ4n) is 1.99. The van der Waals surface area contributed by atoms with Crippen molar-refractivity contribution in [3.05, 3.63) is 35.9 Å². The van der Waals surface area contributed by atoms with Crippen molar-refractivity contribution in [3.8, 4) is 0 Å². The summed E-state index contributed by atoms with van der Waals surface area (Å²) in [5, 5.41) is 0. The van der Waals surface area contributed by atoms with E-state index >= 15 is 0 Å². The van der Waals surface area contributed by atoms with Gasteiger partial charge >= 0.3 is 0 Å². The van der Waals surface area contributed by atoms with E-state index in [1.807, 2.05) is 55.6 Å². The monoisotopic (exact) mass is 309 g/mol. The second-order valence-electron chi connectivity index (χ2n) is 5.44. The van der Waals surface area contributed by atoms with E-state index in [1.165, 1.54) is 0 Å². The fourth-order valence-corrected chi connectivity index (χ4v) is 2.48. The first-order chi connectivity index (χ1) is 10.0. The summed E-state index contributed by atoms with van der Waals surface area (Å²) in [5.41, 5.74) is 7.19. The van der Waals surface area contributed by atoms with Gasteiger partial charge in [-0.15, -0.1) is 0 Å². The third-order valence-corrected chi connectivity index (χ3v) is 3.94.